The van der Waals surface area contributed by atoms with Crippen LogP contribution in [-0.4, -0.2) is 0 Å². The van der Waals surface area contributed by atoms with Crippen molar-refractivity contribution in [2.24, 2.45) is 5.73 Å². The first kappa shape index (κ1) is 10.2. The third-order valence-corrected chi connectivity index (χ3v) is 2.16. The quantitative estimate of drug-likeness (QED) is 0.867. The Hall–Kier alpha value is -0.920. The molecule has 1 aromatic carbocycles. The van der Waals surface area contributed by atoms with Crippen LogP contribution in [0.5, 0.6) is 0 Å². The van der Waals surface area contributed by atoms with Crippen LogP contribution in [0.3, 0.4) is 0 Å². The molecule has 0 bridgehead atoms. The van der Waals surface area contributed by atoms with Gasteiger partial charge >= 0.3 is 0 Å². The number of hydrogen-bond acceptors (Lipinski definition) is 2. The van der Waals surface area contributed by atoms with E-state index in [1.807, 2.05) is 6.07 Å². The summed E-state index contributed by atoms with van der Waals surface area (Å²) in [5.41, 5.74) is 5.96. The molecule has 0 aliphatic carbocycles. The van der Waals surface area contributed by atoms with Crippen molar-refractivity contribution < 1.29 is 4.39 Å². The lowest BCUT2D eigenvalue weighted by atomic mass is 10.1. The monoisotopic (exact) mass is 242 g/mol. The zero-order chi connectivity index (χ0) is 9.84. The fraction of sp³-hybridized carbons (Fsp3) is 0.222. The fourth-order valence-electron chi connectivity index (χ4n) is 1.01. The van der Waals surface area contributed by atoms with Crippen LogP contribution >= 0.6 is 15.9 Å². The fourth-order valence-corrected chi connectivity index (χ4v) is 1.39. The Bertz CT molecular complexity index is 346. The highest BCUT2D eigenvalue weighted by Crippen LogP contribution is 2.21. The van der Waals surface area contributed by atoms with E-state index in [0.29, 0.717) is 5.56 Å². The predicted octanol–water partition coefficient (Wildman–Crippen LogP) is 2.50. The summed E-state index contributed by atoms with van der Waals surface area (Å²) in [7, 11) is 0. The number of halogens is 2. The van der Waals surface area contributed by atoms with Crippen LogP contribution in [0.4, 0.5) is 4.39 Å². The Morgan fingerprint density at radius 2 is 2.31 bits per heavy atom. The number of nitrogens with zero attached hydrogens (tertiary/aromatic N) is 1. The van der Waals surface area contributed by atoms with E-state index in [1.165, 1.54) is 6.07 Å². The summed E-state index contributed by atoms with van der Waals surface area (Å²) in [5.74, 6) is -0.369. The topological polar surface area (TPSA) is 49.8 Å². The SMILES string of the molecule is N#CCC(N)c1cc(Br)ccc1F. The molecule has 1 atom stereocenters. The Morgan fingerprint density at radius 1 is 1.62 bits per heavy atom. The summed E-state index contributed by atoms with van der Waals surface area (Å²) in [6.45, 7) is 0. The first-order chi connectivity index (χ1) is 6.15. The van der Waals surface area contributed by atoms with Gasteiger partial charge in [0, 0.05) is 16.1 Å². The number of rotatable bonds is 2. The van der Waals surface area contributed by atoms with Gasteiger partial charge < -0.3 is 5.73 Å². The molecule has 0 aliphatic heterocycles. The van der Waals surface area contributed by atoms with Crippen LogP contribution in [0.25, 0.3) is 0 Å². The average Bonchev–Trinajstić information content (AvgIpc) is 2.09. The van der Waals surface area contributed by atoms with Crippen molar-refractivity contribution in [3.63, 3.8) is 0 Å². The van der Waals surface area contributed by atoms with Gasteiger partial charge in [0.15, 0.2) is 0 Å². The van der Waals surface area contributed by atoms with Crippen molar-refractivity contribution in [2.75, 3.05) is 0 Å². The zero-order valence-electron chi connectivity index (χ0n) is 6.80. The summed E-state index contributed by atoms with van der Waals surface area (Å²) < 4.78 is 13.9. The van der Waals surface area contributed by atoms with Crippen LogP contribution in [0.2, 0.25) is 0 Å². The summed E-state index contributed by atoms with van der Waals surface area (Å²) in [5, 5.41) is 8.39. The van der Waals surface area contributed by atoms with Crippen LogP contribution in [-0.2, 0) is 0 Å². The number of nitriles is 1. The minimum absolute atomic E-state index is 0.118. The van der Waals surface area contributed by atoms with E-state index in [9.17, 15) is 4.39 Å². The molecule has 0 aromatic heterocycles. The molecular formula is C9H8BrFN2. The molecule has 0 amide bonds. The van der Waals surface area contributed by atoms with Crippen molar-refractivity contribution in [3.05, 3.63) is 34.1 Å². The molecule has 0 fully saturated rings. The molecule has 0 saturated heterocycles. The van der Waals surface area contributed by atoms with Crippen LogP contribution in [0, 0.1) is 17.1 Å². The highest BCUT2D eigenvalue weighted by molar-refractivity contribution is 9.10. The Morgan fingerprint density at radius 3 is 2.92 bits per heavy atom. The number of nitrogens with two attached hydrogens (primary N) is 1. The standard InChI is InChI=1S/C9H8BrFN2/c10-6-1-2-8(11)7(5-6)9(13)3-4-12/h1-2,5,9H,3,13H2. The zero-order valence-corrected chi connectivity index (χ0v) is 8.38. The molecule has 0 aliphatic rings. The number of hydrogen-bond donors (Lipinski definition) is 1. The van der Waals surface area contributed by atoms with E-state index < -0.39 is 6.04 Å². The van der Waals surface area contributed by atoms with Gasteiger partial charge in [-0.3, -0.25) is 0 Å². The molecule has 1 aromatic rings. The summed E-state index contributed by atoms with van der Waals surface area (Å²) in [6, 6.07) is 5.87. The van der Waals surface area contributed by atoms with Crippen LogP contribution in [0.15, 0.2) is 22.7 Å². The van der Waals surface area contributed by atoms with E-state index in [2.05, 4.69) is 15.9 Å². The third-order valence-electron chi connectivity index (χ3n) is 1.67. The molecule has 2 nitrogen and oxygen atoms in total. The molecule has 0 heterocycles. The molecule has 0 saturated carbocycles. The molecule has 0 radical (unpaired) electrons. The summed E-state index contributed by atoms with van der Waals surface area (Å²) in [4.78, 5) is 0. The van der Waals surface area contributed by atoms with Crippen molar-refractivity contribution >= 4 is 15.9 Å². The molecule has 4 heteroatoms. The second-order valence-corrected chi connectivity index (χ2v) is 3.55. The Kier molecular flexibility index (Phi) is 3.40. The maximum absolute atomic E-state index is 13.1. The second-order valence-electron chi connectivity index (χ2n) is 2.63. The Balaban J connectivity index is 3.00. The first-order valence-corrected chi connectivity index (χ1v) is 4.52. The van der Waals surface area contributed by atoms with Crippen LogP contribution in [0.1, 0.15) is 18.0 Å². The lowest BCUT2D eigenvalue weighted by Crippen LogP contribution is -2.11. The minimum atomic E-state index is -0.553. The van der Waals surface area contributed by atoms with Gasteiger partial charge in [-0.1, -0.05) is 15.9 Å². The van der Waals surface area contributed by atoms with Gasteiger partial charge in [-0.25, -0.2) is 4.39 Å². The maximum Gasteiger partial charge on any atom is 0.128 e. The average molecular weight is 243 g/mol. The van der Waals surface area contributed by atoms with Gasteiger partial charge in [0.25, 0.3) is 0 Å². The van der Waals surface area contributed by atoms with Gasteiger partial charge in [0.2, 0.25) is 0 Å². The minimum Gasteiger partial charge on any atom is -0.323 e. The smallest absolute Gasteiger partial charge is 0.128 e. The predicted molar refractivity (Wildman–Crippen MR) is 51.3 cm³/mol. The molecule has 68 valence electrons. The number of benzene rings is 1. The van der Waals surface area contributed by atoms with Crippen molar-refractivity contribution in [1.82, 2.24) is 0 Å². The summed E-state index contributed by atoms with van der Waals surface area (Å²) >= 11 is 3.21. The summed E-state index contributed by atoms with van der Waals surface area (Å²) in [6.07, 6.45) is 0.118. The molecule has 1 rings (SSSR count). The van der Waals surface area contributed by atoms with E-state index in [-0.39, 0.29) is 12.2 Å². The van der Waals surface area contributed by atoms with Gasteiger partial charge in [0.05, 0.1) is 12.5 Å². The molecule has 1 unspecified atom stereocenters. The van der Waals surface area contributed by atoms with Gasteiger partial charge in [-0.2, -0.15) is 5.26 Å². The third kappa shape index (κ3) is 2.51. The Labute approximate surface area is 84.3 Å². The largest absolute Gasteiger partial charge is 0.323 e. The first-order valence-electron chi connectivity index (χ1n) is 3.72. The van der Waals surface area contributed by atoms with E-state index in [4.69, 9.17) is 11.0 Å². The van der Waals surface area contributed by atoms with E-state index in [0.717, 1.165) is 4.47 Å². The van der Waals surface area contributed by atoms with Crippen molar-refractivity contribution in [2.45, 2.75) is 12.5 Å². The molecule has 0 spiro atoms. The maximum atomic E-state index is 13.1. The van der Waals surface area contributed by atoms with Gasteiger partial charge in [0.1, 0.15) is 5.82 Å². The van der Waals surface area contributed by atoms with Gasteiger partial charge in [-0.15, -0.1) is 0 Å². The molecular weight excluding hydrogens is 235 g/mol. The van der Waals surface area contributed by atoms with E-state index in [1.54, 1.807) is 12.1 Å². The normalized spacial score (nSPS) is 12.2. The van der Waals surface area contributed by atoms with E-state index >= 15 is 0 Å². The lowest BCUT2D eigenvalue weighted by Gasteiger charge is -2.08. The molecule has 2 N–H and O–H groups in total. The van der Waals surface area contributed by atoms with Crippen LogP contribution < -0.4 is 5.73 Å². The second kappa shape index (κ2) is 4.35. The lowest BCUT2D eigenvalue weighted by molar-refractivity contribution is 0.584. The highest BCUT2D eigenvalue weighted by atomic mass is 79.9. The van der Waals surface area contributed by atoms with Crippen molar-refractivity contribution in [1.29, 1.82) is 5.26 Å². The molecule has 13 heavy (non-hydrogen) atoms. The van der Waals surface area contributed by atoms with Crippen molar-refractivity contribution in [3.8, 4) is 6.07 Å². The van der Waals surface area contributed by atoms with Gasteiger partial charge in [-0.05, 0) is 18.2 Å². The highest BCUT2D eigenvalue weighted by Gasteiger charge is 2.10.